The third-order valence-electron chi connectivity index (χ3n) is 6.45. The number of halogens is 4. The monoisotopic (exact) mass is 652 g/mol. The van der Waals surface area contributed by atoms with Crippen molar-refractivity contribution >= 4 is 27.1 Å². The van der Waals surface area contributed by atoms with Gasteiger partial charge in [0.1, 0.15) is 12.4 Å². The summed E-state index contributed by atoms with van der Waals surface area (Å²) in [4.78, 5) is 18.1. The van der Waals surface area contributed by atoms with Crippen molar-refractivity contribution in [2.24, 2.45) is 0 Å². The maximum Gasteiger partial charge on any atom is 0.416 e. The molecule has 0 fully saturated rings. The van der Waals surface area contributed by atoms with Crippen molar-refractivity contribution in [3.8, 4) is 22.2 Å². The second-order valence-corrected chi connectivity index (χ2v) is 12.7. The van der Waals surface area contributed by atoms with Gasteiger partial charge in [0.25, 0.3) is 11.1 Å². The van der Waals surface area contributed by atoms with E-state index in [1.54, 1.807) is 12.1 Å². The molecule has 14 heteroatoms. The van der Waals surface area contributed by atoms with Crippen LogP contribution in [0.25, 0.3) is 11.3 Å². The zero-order valence-electron chi connectivity index (χ0n) is 23.3. The van der Waals surface area contributed by atoms with E-state index in [1.807, 2.05) is 0 Å². The van der Waals surface area contributed by atoms with Crippen molar-refractivity contribution in [1.29, 1.82) is 0 Å². The number of carbonyl (C=O) groups is 1. The van der Waals surface area contributed by atoms with Gasteiger partial charge >= 0.3 is 6.18 Å². The summed E-state index contributed by atoms with van der Waals surface area (Å²) in [5.41, 5.74) is 0.973. The number of sulfone groups is 1. The quantitative estimate of drug-likeness (QED) is 0.128. The molecule has 3 aromatic carbocycles. The number of amides is 1. The lowest BCUT2D eigenvalue weighted by atomic mass is 10.1. The highest BCUT2D eigenvalue weighted by molar-refractivity contribution is 7.91. The average Bonchev–Trinajstić information content (AvgIpc) is 3.42. The Bertz CT molecular complexity index is 1660. The van der Waals surface area contributed by atoms with Crippen LogP contribution in [0.15, 0.2) is 77.7 Å². The molecule has 0 aliphatic heterocycles. The van der Waals surface area contributed by atoms with Crippen LogP contribution in [0.1, 0.15) is 39.3 Å². The summed E-state index contributed by atoms with van der Waals surface area (Å²) in [6, 6.07) is 15.6. The number of nitrogens with zero attached hydrogens (tertiary/aromatic N) is 1. The highest BCUT2D eigenvalue weighted by Gasteiger charge is 2.30. The summed E-state index contributed by atoms with van der Waals surface area (Å²) in [6.07, 6.45) is -4.48. The van der Waals surface area contributed by atoms with Crippen LogP contribution in [0, 0.1) is 0 Å². The van der Waals surface area contributed by atoms with Gasteiger partial charge in [-0.3, -0.25) is 4.79 Å². The summed E-state index contributed by atoms with van der Waals surface area (Å²) in [5.74, 6) is -0.401. The van der Waals surface area contributed by atoms with Gasteiger partial charge in [-0.1, -0.05) is 42.5 Å². The molecule has 0 spiro atoms. The molecular weight excluding hydrogens is 624 g/mol. The van der Waals surface area contributed by atoms with Gasteiger partial charge in [-0.05, 0) is 54.1 Å². The topological polar surface area (TPSA) is 115 Å². The maximum atomic E-state index is 13.0. The van der Waals surface area contributed by atoms with E-state index >= 15 is 0 Å². The zero-order valence-corrected chi connectivity index (χ0v) is 24.9. The molecule has 0 aliphatic carbocycles. The predicted molar refractivity (Wildman–Crippen MR) is 156 cm³/mol. The van der Waals surface area contributed by atoms with Crippen LogP contribution in [0.3, 0.4) is 0 Å². The Morgan fingerprint density at radius 3 is 2.25 bits per heavy atom. The Morgan fingerprint density at radius 2 is 1.68 bits per heavy atom. The molecule has 1 unspecified atom stereocenters. The first-order valence-corrected chi connectivity index (χ1v) is 15.8. The van der Waals surface area contributed by atoms with Gasteiger partial charge in [-0.2, -0.15) is 13.2 Å². The number of aromatic nitrogens is 1. The number of rotatable bonds is 13. The van der Waals surface area contributed by atoms with Crippen LogP contribution in [0.2, 0.25) is 0 Å². The first-order chi connectivity index (χ1) is 20.9. The molecule has 1 atom stereocenters. The van der Waals surface area contributed by atoms with Crippen molar-refractivity contribution in [2.75, 3.05) is 25.6 Å². The molecule has 0 radical (unpaired) electrons. The number of hydrogen-bond donors (Lipinski definition) is 2. The Balaban J connectivity index is 1.50. The third kappa shape index (κ3) is 8.20. The van der Waals surface area contributed by atoms with E-state index in [-0.39, 0.29) is 40.4 Å². The van der Waals surface area contributed by atoms with Crippen molar-refractivity contribution in [2.45, 2.75) is 30.6 Å². The lowest BCUT2D eigenvalue weighted by Gasteiger charge is -2.17. The third-order valence-corrected chi connectivity index (χ3v) is 9.11. The summed E-state index contributed by atoms with van der Waals surface area (Å²) < 4.78 is 86.4. The molecule has 234 valence electrons. The van der Waals surface area contributed by atoms with E-state index < -0.39 is 46.8 Å². The molecule has 1 aromatic heterocycles. The predicted octanol–water partition coefficient (Wildman–Crippen LogP) is 6.36. The molecule has 1 amide bonds. The van der Waals surface area contributed by atoms with Crippen molar-refractivity contribution < 1.29 is 45.4 Å². The van der Waals surface area contributed by atoms with Crippen molar-refractivity contribution in [3.05, 3.63) is 94.4 Å². The number of benzene rings is 3. The van der Waals surface area contributed by atoms with Gasteiger partial charge in [0.2, 0.25) is 0 Å². The minimum atomic E-state index is -4.48. The Labute approximate surface area is 255 Å². The highest BCUT2D eigenvalue weighted by Crippen LogP contribution is 2.37. The number of nitrogens with one attached hydrogen (secondary N) is 1. The summed E-state index contributed by atoms with van der Waals surface area (Å²) in [7, 11) is -3.40. The minimum absolute atomic E-state index is 0.00601. The molecule has 2 N–H and O–H groups in total. The van der Waals surface area contributed by atoms with Gasteiger partial charge in [0.05, 0.1) is 52.6 Å². The smallest absolute Gasteiger partial charge is 0.416 e. The number of hydrogen-bond acceptors (Lipinski definition) is 8. The van der Waals surface area contributed by atoms with Crippen LogP contribution < -0.4 is 10.1 Å². The zero-order chi connectivity index (χ0) is 31.9. The van der Waals surface area contributed by atoms with Gasteiger partial charge in [0, 0.05) is 11.1 Å². The van der Waals surface area contributed by atoms with Gasteiger partial charge in [0.15, 0.2) is 9.84 Å². The number of alkyl halides is 4. The van der Waals surface area contributed by atoms with Crippen LogP contribution >= 0.6 is 11.3 Å². The van der Waals surface area contributed by atoms with Gasteiger partial charge in [-0.15, -0.1) is 0 Å². The molecular formula is C30H28F4N2O6S2. The van der Waals surface area contributed by atoms with Crippen molar-refractivity contribution in [3.63, 3.8) is 0 Å². The van der Waals surface area contributed by atoms with Gasteiger partial charge in [-0.25, -0.2) is 17.8 Å². The SMILES string of the molecule is CCS(=O)(=O)c1ccc(C(CO)NC(=O)c2ccc(-c3nc(Oc4ccc(C(F)(F)F)cc4)sc3COCCF)cc2)cc1. The number of aliphatic hydroxyl groups is 1. The van der Waals surface area contributed by atoms with E-state index in [0.717, 1.165) is 23.5 Å². The molecule has 0 saturated carbocycles. The minimum Gasteiger partial charge on any atom is -0.431 e. The van der Waals surface area contributed by atoms with Crippen LogP contribution in [-0.2, 0) is 27.4 Å². The molecule has 4 aromatic rings. The summed E-state index contributed by atoms with van der Waals surface area (Å²) in [5, 5.41) is 12.7. The Morgan fingerprint density at radius 1 is 1.02 bits per heavy atom. The first kappa shape index (κ1) is 33.1. The van der Waals surface area contributed by atoms with E-state index in [2.05, 4.69) is 10.3 Å². The second kappa shape index (κ2) is 14.3. The molecule has 8 nitrogen and oxygen atoms in total. The van der Waals surface area contributed by atoms with E-state index in [0.29, 0.717) is 21.7 Å². The summed E-state index contributed by atoms with van der Waals surface area (Å²) in [6.45, 7) is 0.286. The molecule has 0 saturated heterocycles. The molecule has 0 aliphatic rings. The highest BCUT2D eigenvalue weighted by atomic mass is 32.2. The first-order valence-electron chi connectivity index (χ1n) is 13.3. The van der Waals surface area contributed by atoms with Crippen LogP contribution in [0.4, 0.5) is 17.6 Å². The lowest BCUT2D eigenvalue weighted by Crippen LogP contribution is -2.30. The Hall–Kier alpha value is -3.85. The molecule has 4 rings (SSSR count). The number of aliphatic hydroxyl groups excluding tert-OH is 1. The Kier molecular flexibility index (Phi) is 10.7. The second-order valence-electron chi connectivity index (χ2n) is 9.38. The number of carbonyl (C=O) groups excluding carboxylic acids is 1. The van der Waals surface area contributed by atoms with Crippen LogP contribution in [-0.4, -0.2) is 50.1 Å². The average molecular weight is 653 g/mol. The van der Waals surface area contributed by atoms with Crippen molar-refractivity contribution in [1.82, 2.24) is 10.3 Å². The van der Waals surface area contributed by atoms with Gasteiger partial charge < -0.3 is 19.9 Å². The number of thiazole rings is 1. The standard InChI is InChI=1S/C30H28F4N2O6S2/c1-2-44(39,40)24-13-7-19(8-14-24)25(17-37)35-28(38)21-5-3-20(4-6-21)27-26(18-41-16-15-31)43-29(36-27)42-23-11-9-22(10-12-23)30(32,33)34/h3-14,25,37H,2,15-18H2,1H3,(H,35,38). The fraction of sp³-hybridized carbons (Fsp3) is 0.267. The summed E-state index contributed by atoms with van der Waals surface area (Å²) >= 11 is 1.08. The van der Waals surface area contributed by atoms with Crippen LogP contribution in [0.5, 0.6) is 10.9 Å². The normalized spacial score (nSPS) is 12.6. The molecule has 0 bridgehead atoms. The lowest BCUT2D eigenvalue weighted by molar-refractivity contribution is -0.137. The molecule has 44 heavy (non-hydrogen) atoms. The largest absolute Gasteiger partial charge is 0.431 e. The fourth-order valence-corrected chi connectivity index (χ4v) is 5.83. The fourth-order valence-electron chi connectivity index (χ4n) is 4.06. The van der Waals surface area contributed by atoms with E-state index in [4.69, 9.17) is 9.47 Å². The van der Waals surface area contributed by atoms with E-state index in [1.165, 1.54) is 55.5 Å². The molecule has 1 heterocycles. The van der Waals surface area contributed by atoms with E-state index in [9.17, 15) is 35.9 Å². The maximum absolute atomic E-state index is 13.0. The number of ether oxygens (including phenoxy) is 2.